The summed E-state index contributed by atoms with van der Waals surface area (Å²) in [4.78, 5) is 13.7. The lowest BCUT2D eigenvalue weighted by Gasteiger charge is -2.33. The summed E-state index contributed by atoms with van der Waals surface area (Å²) in [6.45, 7) is 2.54. The first-order chi connectivity index (χ1) is 10.4. The summed E-state index contributed by atoms with van der Waals surface area (Å²) < 4.78 is 30.9. The Bertz CT molecular complexity index is 607. The molecule has 1 aliphatic heterocycles. The topological polar surface area (TPSA) is 96.8 Å². The lowest BCUT2D eigenvalue weighted by molar-refractivity contribution is 0.183. The zero-order valence-electron chi connectivity index (χ0n) is 12.7. The van der Waals surface area contributed by atoms with Crippen LogP contribution in [0.15, 0.2) is 12.4 Å². The number of hydrogen-bond donors (Lipinski definition) is 1. The maximum absolute atomic E-state index is 12.1. The fourth-order valence-corrected chi connectivity index (χ4v) is 2.99. The number of urea groups is 1. The number of methoxy groups -OCH3 is 1. The molecule has 1 aromatic heterocycles. The van der Waals surface area contributed by atoms with Gasteiger partial charge in [-0.25, -0.2) is 13.2 Å². The minimum absolute atomic E-state index is 0.251. The molecule has 1 aromatic rings. The third-order valence-corrected chi connectivity index (χ3v) is 4.71. The van der Waals surface area contributed by atoms with E-state index in [1.54, 1.807) is 29.1 Å². The number of nitrogens with one attached hydrogen (secondary N) is 1. The van der Waals surface area contributed by atoms with Gasteiger partial charge in [-0.2, -0.15) is 9.40 Å². The summed E-state index contributed by atoms with van der Waals surface area (Å²) in [5.74, 6) is 0. The Labute approximate surface area is 129 Å². The summed E-state index contributed by atoms with van der Waals surface area (Å²) >= 11 is 0. The van der Waals surface area contributed by atoms with Gasteiger partial charge in [0.2, 0.25) is 10.0 Å². The summed E-state index contributed by atoms with van der Waals surface area (Å²) in [5, 5.41) is 6.87. The van der Waals surface area contributed by atoms with Crippen molar-refractivity contribution in [2.75, 3.05) is 51.5 Å². The van der Waals surface area contributed by atoms with Crippen molar-refractivity contribution in [3.8, 4) is 0 Å². The molecule has 0 spiro atoms. The number of carbonyl (C=O) groups is 1. The number of sulfonamides is 1. The van der Waals surface area contributed by atoms with Gasteiger partial charge in [-0.05, 0) is 0 Å². The highest BCUT2D eigenvalue weighted by Crippen LogP contribution is 2.10. The normalized spacial score (nSPS) is 16.7. The second-order valence-electron chi connectivity index (χ2n) is 5.06. The van der Waals surface area contributed by atoms with E-state index in [0.717, 1.165) is 0 Å². The van der Waals surface area contributed by atoms with Gasteiger partial charge >= 0.3 is 6.03 Å². The molecule has 0 aliphatic carbocycles. The molecule has 9 nitrogen and oxygen atoms in total. The molecule has 0 aromatic carbocycles. The van der Waals surface area contributed by atoms with Gasteiger partial charge in [0.15, 0.2) is 0 Å². The maximum Gasteiger partial charge on any atom is 0.322 e. The number of rotatable bonds is 5. The van der Waals surface area contributed by atoms with E-state index < -0.39 is 10.0 Å². The summed E-state index contributed by atoms with van der Waals surface area (Å²) in [6.07, 6.45) is 4.47. The van der Waals surface area contributed by atoms with Crippen molar-refractivity contribution in [2.24, 2.45) is 0 Å². The van der Waals surface area contributed by atoms with Crippen molar-refractivity contribution in [2.45, 2.75) is 6.54 Å². The number of ether oxygens (including phenoxy) is 1. The van der Waals surface area contributed by atoms with Crippen LogP contribution < -0.4 is 5.32 Å². The van der Waals surface area contributed by atoms with Crippen LogP contribution in [-0.2, 0) is 21.3 Å². The first-order valence-electron chi connectivity index (χ1n) is 6.92. The minimum Gasteiger partial charge on any atom is -0.383 e. The molecule has 0 unspecified atom stereocenters. The van der Waals surface area contributed by atoms with Crippen LogP contribution in [0.4, 0.5) is 10.5 Å². The van der Waals surface area contributed by atoms with Crippen molar-refractivity contribution >= 4 is 21.7 Å². The van der Waals surface area contributed by atoms with Crippen LogP contribution in [-0.4, -0.2) is 79.6 Å². The van der Waals surface area contributed by atoms with Crippen LogP contribution in [0.1, 0.15) is 0 Å². The lowest BCUT2D eigenvalue weighted by atomic mass is 10.4. The Morgan fingerprint density at radius 3 is 2.64 bits per heavy atom. The number of carbonyl (C=O) groups excluding carboxylic acids is 1. The van der Waals surface area contributed by atoms with Crippen LogP contribution >= 0.6 is 0 Å². The van der Waals surface area contributed by atoms with E-state index in [-0.39, 0.29) is 6.03 Å². The first-order valence-corrected chi connectivity index (χ1v) is 8.77. The van der Waals surface area contributed by atoms with E-state index in [4.69, 9.17) is 4.74 Å². The third-order valence-electron chi connectivity index (χ3n) is 3.40. The molecule has 0 bridgehead atoms. The molecule has 0 atom stereocenters. The van der Waals surface area contributed by atoms with Gasteiger partial charge in [0, 0.05) is 39.5 Å². The van der Waals surface area contributed by atoms with Crippen molar-refractivity contribution < 1.29 is 17.9 Å². The average molecular weight is 331 g/mol. The highest BCUT2D eigenvalue weighted by molar-refractivity contribution is 7.88. The van der Waals surface area contributed by atoms with Crippen molar-refractivity contribution in [3.05, 3.63) is 12.4 Å². The van der Waals surface area contributed by atoms with E-state index in [0.29, 0.717) is 45.0 Å². The fourth-order valence-electron chi connectivity index (χ4n) is 2.16. The number of amides is 2. The quantitative estimate of drug-likeness (QED) is 0.795. The molecule has 2 heterocycles. The van der Waals surface area contributed by atoms with Gasteiger partial charge in [-0.15, -0.1) is 0 Å². The van der Waals surface area contributed by atoms with E-state index >= 15 is 0 Å². The number of aromatic nitrogens is 2. The van der Waals surface area contributed by atoms with Crippen LogP contribution in [0.25, 0.3) is 0 Å². The van der Waals surface area contributed by atoms with Crippen LogP contribution in [0.2, 0.25) is 0 Å². The molecule has 0 saturated carbocycles. The molecule has 1 saturated heterocycles. The second kappa shape index (κ2) is 7.07. The molecule has 22 heavy (non-hydrogen) atoms. The maximum atomic E-state index is 12.1. The van der Waals surface area contributed by atoms with Crippen LogP contribution in [0.5, 0.6) is 0 Å². The van der Waals surface area contributed by atoms with Gasteiger partial charge in [0.1, 0.15) is 0 Å². The molecular weight excluding hydrogens is 310 g/mol. The van der Waals surface area contributed by atoms with Crippen molar-refractivity contribution in [1.82, 2.24) is 19.0 Å². The molecule has 1 N–H and O–H groups in total. The number of hydrogen-bond acceptors (Lipinski definition) is 5. The molecule has 1 aliphatic rings. The molecular formula is C12H21N5O4S. The highest BCUT2D eigenvalue weighted by Gasteiger charge is 2.26. The van der Waals surface area contributed by atoms with Gasteiger partial charge in [0.25, 0.3) is 0 Å². The molecule has 0 radical (unpaired) electrons. The van der Waals surface area contributed by atoms with Gasteiger partial charge in [-0.1, -0.05) is 0 Å². The first kappa shape index (κ1) is 16.7. The van der Waals surface area contributed by atoms with Crippen LogP contribution in [0.3, 0.4) is 0 Å². The molecule has 1 fully saturated rings. The summed E-state index contributed by atoms with van der Waals surface area (Å²) in [5.41, 5.74) is 0.603. The van der Waals surface area contributed by atoms with E-state index in [9.17, 15) is 13.2 Å². The average Bonchev–Trinajstić information content (AvgIpc) is 2.92. The standard InChI is InChI=1S/C12H21N5O4S/c1-21-8-7-16-10-11(9-13-16)14-12(18)15-3-5-17(6-4-15)22(2,19)20/h9-10H,3-8H2,1-2H3,(H,14,18). The largest absolute Gasteiger partial charge is 0.383 e. The number of nitrogens with zero attached hydrogens (tertiary/aromatic N) is 4. The third kappa shape index (κ3) is 4.42. The zero-order chi connectivity index (χ0) is 16.2. The van der Waals surface area contributed by atoms with E-state index in [2.05, 4.69) is 10.4 Å². The van der Waals surface area contributed by atoms with Crippen LogP contribution in [0, 0.1) is 0 Å². The number of piperazine rings is 1. The van der Waals surface area contributed by atoms with Gasteiger partial charge in [-0.3, -0.25) is 4.68 Å². The highest BCUT2D eigenvalue weighted by atomic mass is 32.2. The molecule has 10 heteroatoms. The number of anilines is 1. The van der Waals surface area contributed by atoms with Gasteiger partial charge < -0.3 is 15.0 Å². The molecule has 124 valence electrons. The van der Waals surface area contributed by atoms with Crippen molar-refractivity contribution in [3.63, 3.8) is 0 Å². The predicted molar refractivity (Wildman–Crippen MR) is 81.1 cm³/mol. The Morgan fingerprint density at radius 1 is 1.36 bits per heavy atom. The minimum atomic E-state index is -3.19. The van der Waals surface area contributed by atoms with Gasteiger partial charge in [0.05, 0.1) is 31.3 Å². The van der Waals surface area contributed by atoms with Crippen molar-refractivity contribution in [1.29, 1.82) is 0 Å². The Morgan fingerprint density at radius 2 is 2.05 bits per heavy atom. The Balaban J connectivity index is 1.84. The lowest BCUT2D eigenvalue weighted by Crippen LogP contribution is -2.51. The second-order valence-corrected chi connectivity index (χ2v) is 7.05. The summed E-state index contributed by atoms with van der Waals surface area (Å²) in [6, 6.07) is -0.251. The smallest absolute Gasteiger partial charge is 0.322 e. The van der Waals surface area contributed by atoms with E-state index in [1.807, 2.05) is 0 Å². The monoisotopic (exact) mass is 331 g/mol. The van der Waals surface area contributed by atoms with E-state index in [1.165, 1.54) is 10.6 Å². The Hall–Kier alpha value is -1.65. The predicted octanol–water partition coefficient (Wildman–Crippen LogP) is -0.361. The molecule has 2 amide bonds. The summed E-state index contributed by atoms with van der Waals surface area (Å²) in [7, 11) is -1.58. The SMILES string of the molecule is COCCn1cc(NC(=O)N2CCN(S(C)(=O)=O)CC2)cn1. The molecule has 2 rings (SSSR count). The fraction of sp³-hybridized carbons (Fsp3) is 0.667. The zero-order valence-corrected chi connectivity index (χ0v) is 13.5. The Kier molecular flexibility index (Phi) is 5.37.